The summed E-state index contributed by atoms with van der Waals surface area (Å²) in [6.07, 6.45) is 5.73. The highest BCUT2D eigenvalue weighted by Gasteiger charge is 2.17. The molecule has 0 radical (unpaired) electrons. The van der Waals surface area contributed by atoms with Crippen molar-refractivity contribution in [1.82, 2.24) is 4.98 Å². The SMILES string of the molecule is CCc1nc2cc(NCC3CC(C)=CC(C)C3)ccc2o1. The number of nitrogens with zero attached hydrogens (tertiary/aromatic N) is 1. The molecule has 3 nitrogen and oxygen atoms in total. The molecule has 1 aromatic heterocycles. The second-order valence-corrected chi connectivity index (χ2v) is 6.32. The molecule has 0 fully saturated rings. The molecule has 0 amide bonds. The Labute approximate surface area is 126 Å². The lowest BCUT2D eigenvalue weighted by molar-refractivity contribution is 0.421. The summed E-state index contributed by atoms with van der Waals surface area (Å²) in [7, 11) is 0. The molecule has 3 rings (SSSR count). The first-order chi connectivity index (χ1) is 10.1. The predicted octanol–water partition coefficient (Wildman–Crippen LogP) is 4.79. The number of aryl methyl sites for hydroxylation is 1. The molecule has 0 bridgehead atoms. The third kappa shape index (κ3) is 3.29. The molecule has 1 aliphatic carbocycles. The van der Waals surface area contributed by atoms with Crippen LogP contribution in [0.2, 0.25) is 0 Å². The monoisotopic (exact) mass is 284 g/mol. The van der Waals surface area contributed by atoms with Gasteiger partial charge in [-0.25, -0.2) is 4.98 Å². The van der Waals surface area contributed by atoms with Crippen LogP contribution >= 0.6 is 0 Å². The number of hydrogen-bond donors (Lipinski definition) is 1. The van der Waals surface area contributed by atoms with Crippen LogP contribution in [0.5, 0.6) is 0 Å². The number of oxazole rings is 1. The summed E-state index contributed by atoms with van der Waals surface area (Å²) in [4.78, 5) is 4.49. The lowest BCUT2D eigenvalue weighted by Crippen LogP contribution is -2.20. The molecule has 2 unspecified atom stereocenters. The van der Waals surface area contributed by atoms with Crippen molar-refractivity contribution in [2.75, 3.05) is 11.9 Å². The van der Waals surface area contributed by atoms with E-state index in [1.165, 1.54) is 18.4 Å². The van der Waals surface area contributed by atoms with Crippen LogP contribution in [0.25, 0.3) is 11.1 Å². The molecule has 112 valence electrons. The van der Waals surface area contributed by atoms with Gasteiger partial charge in [0.25, 0.3) is 0 Å². The molecular weight excluding hydrogens is 260 g/mol. The summed E-state index contributed by atoms with van der Waals surface area (Å²) in [6.45, 7) is 7.64. The molecular formula is C18H24N2O. The number of allylic oxidation sites excluding steroid dienone is 2. The number of aromatic nitrogens is 1. The minimum absolute atomic E-state index is 0.704. The van der Waals surface area contributed by atoms with Gasteiger partial charge in [-0.15, -0.1) is 0 Å². The Morgan fingerprint density at radius 2 is 2.24 bits per heavy atom. The zero-order valence-electron chi connectivity index (χ0n) is 13.1. The van der Waals surface area contributed by atoms with Gasteiger partial charge in [0.15, 0.2) is 11.5 Å². The second-order valence-electron chi connectivity index (χ2n) is 6.32. The normalized spacial score (nSPS) is 22.3. The third-order valence-corrected chi connectivity index (χ3v) is 4.21. The van der Waals surface area contributed by atoms with Crippen molar-refractivity contribution in [3.63, 3.8) is 0 Å². The maximum absolute atomic E-state index is 5.65. The van der Waals surface area contributed by atoms with Gasteiger partial charge < -0.3 is 9.73 Å². The molecule has 1 aromatic carbocycles. The van der Waals surface area contributed by atoms with E-state index in [0.717, 1.165) is 41.6 Å². The van der Waals surface area contributed by atoms with E-state index in [4.69, 9.17) is 4.42 Å². The van der Waals surface area contributed by atoms with Gasteiger partial charge in [-0.2, -0.15) is 0 Å². The summed E-state index contributed by atoms with van der Waals surface area (Å²) < 4.78 is 5.65. The Morgan fingerprint density at radius 1 is 1.38 bits per heavy atom. The van der Waals surface area contributed by atoms with Crippen LogP contribution in [0.1, 0.15) is 39.5 Å². The number of anilines is 1. The molecule has 1 N–H and O–H groups in total. The number of hydrogen-bond acceptors (Lipinski definition) is 3. The third-order valence-electron chi connectivity index (χ3n) is 4.21. The summed E-state index contributed by atoms with van der Waals surface area (Å²) in [5.74, 6) is 2.24. The highest BCUT2D eigenvalue weighted by molar-refractivity contribution is 5.77. The number of fused-ring (bicyclic) bond motifs is 1. The summed E-state index contributed by atoms with van der Waals surface area (Å²) in [5.41, 5.74) is 4.49. The Bertz CT molecular complexity index is 656. The van der Waals surface area contributed by atoms with Gasteiger partial charge in [0.2, 0.25) is 0 Å². The molecule has 21 heavy (non-hydrogen) atoms. The average molecular weight is 284 g/mol. The van der Waals surface area contributed by atoms with E-state index in [0.29, 0.717) is 5.92 Å². The fourth-order valence-electron chi connectivity index (χ4n) is 3.34. The van der Waals surface area contributed by atoms with Crippen LogP contribution < -0.4 is 5.32 Å². The number of nitrogens with one attached hydrogen (secondary N) is 1. The van der Waals surface area contributed by atoms with Crippen LogP contribution in [-0.4, -0.2) is 11.5 Å². The lowest BCUT2D eigenvalue weighted by Gasteiger charge is -2.25. The van der Waals surface area contributed by atoms with Gasteiger partial charge >= 0.3 is 0 Å². The van der Waals surface area contributed by atoms with E-state index in [1.807, 2.05) is 6.07 Å². The first kappa shape index (κ1) is 14.2. The first-order valence-corrected chi connectivity index (χ1v) is 7.94. The number of benzene rings is 1. The second kappa shape index (κ2) is 5.92. The number of rotatable bonds is 4. The fraction of sp³-hybridized carbons (Fsp3) is 0.500. The molecule has 0 saturated carbocycles. The van der Waals surface area contributed by atoms with Gasteiger partial charge in [-0.1, -0.05) is 25.5 Å². The minimum atomic E-state index is 0.704. The van der Waals surface area contributed by atoms with Crippen LogP contribution in [-0.2, 0) is 6.42 Å². The smallest absolute Gasteiger partial charge is 0.195 e. The van der Waals surface area contributed by atoms with Crippen LogP contribution in [0.15, 0.2) is 34.3 Å². The van der Waals surface area contributed by atoms with Crippen molar-refractivity contribution < 1.29 is 4.42 Å². The zero-order valence-corrected chi connectivity index (χ0v) is 13.1. The average Bonchev–Trinajstić information content (AvgIpc) is 2.86. The maximum Gasteiger partial charge on any atom is 0.195 e. The molecule has 3 heteroatoms. The standard InChI is InChI=1S/C18H24N2O/c1-4-18-20-16-10-15(5-6-17(16)21-18)19-11-14-8-12(2)7-13(3)9-14/h5-7,10,12,14,19H,4,8-9,11H2,1-3H3. The molecule has 2 atom stereocenters. The predicted molar refractivity (Wildman–Crippen MR) is 87.5 cm³/mol. The van der Waals surface area contributed by atoms with Gasteiger partial charge in [0.1, 0.15) is 5.52 Å². The van der Waals surface area contributed by atoms with Crippen molar-refractivity contribution >= 4 is 16.8 Å². The molecule has 0 spiro atoms. The molecule has 2 aromatic rings. The summed E-state index contributed by atoms with van der Waals surface area (Å²) in [5, 5.41) is 3.57. The van der Waals surface area contributed by atoms with E-state index >= 15 is 0 Å². The van der Waals surface area contributed by atoms with Crippen molar-refractivity contribution in [2.45, 2.75) is 40.0 Å². The van der Waals surface area contributed by atoms with Crippen LogP contribution in [0.3, 0.4) is 0 Å². The summed E-state index contributed by atoms with van der Waals surface area (Å²) >= 11 is 0. The largest absolute Gasteiger partial charge is 0.441 e. The van der Waals surface area contributed by atoms with Crippen molar-refractivity contribution in [3.8, 4) is 0 Å². The zero-order chi connectivity index (χ0) is 14.8. The van der Waals surface area contributed by atoms with Crippen molar-refractivity contribution in [1.29, 1.82) is 0 Å². The fourth-order valence-corrected chi connectivity index (χ4v) is 3.34. The van der Waals surface area contributed by atoms with E-state index in [-0.39, 0.29) is 0 Å². The molecule has 0 aliphatic heterocycles. The van der Waals surface area contributed by atoms with E-state index in [1.54, 1.807) is 0 Å². The van der Waals surface area contributed by atoms with Gasteiger partial charge in [-0.3, -0.25) is 0 Å². The van der Waals surface area contributed by atoms with Crippen LogP contribution in [0, 0.1) is 11.8 Å². The lowest BCUT2D eigenvalue weighted by atomic mass is 9.84. The Hall–Kier alpha value is -1.77. The Balaban J connectivity index is 1.66. The summed E-state index contributed by atoms with van der Waals surface area (Å²) in [6, 6.07) is 6.19. The van der Waals surface area contributed by atoms with Gasteiger partial charge in [-0.05, 0) is 49.8 Å². The Morgan fingerprint density at radius 3 is 3.00 bits per heavy atom. The van der Waals surface area contributed by atoms with Crippen molar-refractivity contribution in [2.24, 2.45) is 11.8 Å². The van der Waals surface area contributed by atoms with Crippen molar-refractivity contribution in [3.05, 3.63) is 35.7 Å². The highest BCUT2D eigenvalue weighted by Crippen LogP contribution is 2.28. The molecule has 0 saturated heterocycles. The van der Waals surface area contributed by atoms with Gasteiger partial charge in [0, 0.05) is 18.7 Å². The van der Waals surface area contributed by atoms with E-state index < -0.39 is 0 Å². The molecule has 1 heterocycles. The maximum atomic E-state index is 5.65. The van der Waals surface area contributed by atoms with E-state index in [9.17, 15) is 0 Å². The molecule has 1 aliphatic rings. The quantitative estimate of drug-likeness (QED) is 0.820. The van der Waals surface area contributed by atoms with Crippen LogP contribution in [0.4, 0.5) is 5.69 Å². The van der Waals surface area contributed by atoms with Gasteiger partial charge in [0.05, 0.1) is 0 Å². The topological polar surface area (TPSA) is 38.1 Å². The first-order valence-electron chi connectivity index (χ1n) is 7.94. The van der Waals surface area contributed by atoms with E-state index in [2.05, 4.69) is 49.3 Å². The highest BCUT2D eigenvalue weighted by atomic mass is 16.3. The minimum Gasteiger partial charge on any atom is -0.441 e. The Kier molecular flexibility index (Phi) is 4.00.